The molecule has 17 heavy (non-hydrogen) atoms. The standard InChI is InChI=1S/C12H21N3O2/c13-10-3-1-7-15(12(10)17)8-2-4-11(16)14-9-5-6-9/h9-10H,1-8,13H2,(H,14,16). The van der Waals surface area contributed by atoms with Crippen LogP contribution in [0.3, 0.4) is 0 Å². The highest BCUT2D eigenvalue weighted by Crippen LogP contribution is 2.18. The van der Waals surface area contributed by atoms with Gasteiger partial charge in [-0.05, 0) is 32.1 Å². The number of piperidine rings is 1. The zero-order valence-electron chi connectivity index (χ0n) is 10.2. The molecular formula is C12H21N3O2. The highest BCUT2D eigenvalue weighted by molar-refractivity contribution is 5.82. The maximum absolute atomic E-state index is 11.7. The SMILES string of the molecule is NC1CCCN(CCCC(=O)NC2CC2)C1=O. The number of carbonyl (C=O) groups excluding carboxylic acids is 2. The molecule has 0 bridgehead atoms. The van der Waals surface area contributed by atoms with E-state index in [0.29, 0.717) is 19.0 Å². The van der Waals surface area contributed by atoms with Crippen molar-refractivity contribution in [3.05, 3.63) is 0 Å². The molecule has 0 spiro atoms. The maximum atomic E-state index is 11.7. The molecule has 1 atom stereocenters. The molecule has 1 saturated heterocycles. The summed E-state index contributed by atoms with van der Waals surface area (Å²) in [6, 6.07) is 0.0941. The third kappa shape index (κ3) is 3.70. The normalized spacial score (nSPS) is 24.9. The minimum absolute atomic E-state index is 0.0406. The second kappa shape index (κ2) is 5.49. The molecule has 1 unspecified atom stereocenters. The quantitative estimate of drug-likeness (QED) is 0.709. The summed E-state index contributed by atoms with van der Waals surface area (Å²) in [5, 5.41) is 2.94. The first-order chi connectivity index (χ1) is 8.16. The molecule has 5 heteroatoms. The van der Waals surface area contributed by atoms with Crippen molar-refractivity contribution in [1.29, 1.82) is 0 Å². The molecular weight excluding hydrogens is 218 g/mol. The van der Waals surface area contributed by atoms with E-state index in [9.17, 15) is 9.59 Å². The Morgan fingerprint density at radius 1 is 1.41 bits per heavy atom. The number of nitrogens with zero attached hydrogens (tertiary/aromatic N) is 1. The van der Waals surface area contributed by atoms with Crippen LogP contribution < -0.4 is 11.1 Å². The van der Waals surface area contributed by atoms with Gasteiger partial charge in [0.15, 0.2) is 0 Å². The first-order valence-electron chi connectivity index (χ1n) is 6.50. The molecule has 1 heterocycles. The maximum Gasteiger partial charge on any atom is 0.239 e. The number of nitrogens with two attached hydrogens (primary N) is 1. The third-order valence-electron chi connectivity index (χ3n) is 3.35. The summed E-state index contributed by atoms with van der Waals surface area (Å²) in [7, 11) is 0. The van der Waals surface area contributed by atoms with Crippen LogP contribution in [0, 0.1) is 0 Å². The van der Waals surface area contributed by atoms with Crippen LogP contribution in [0.5, 0.6) is 0 Å². The molecule has 2 aliphatic rings. The molecule has 0 aromatic heterocycles. The lowest BCUT2D eigenvalue weighted by Gasteiger charge is -2.30. The number of likely N-dealkylation sites (tertiary alicyclic amines) is 1. The van der Waals surface area contributed by atoms with Crippen molar-refractivity contribution in [2.45, 2.75) is 50.6 Å². The number of carbonyl (C=O) groups is 2. The molecule has 0 aromatic rings. The summed E-state index contributed by atoms with van der Waals surface area (Å²) in [6.45, 7) is 1.45. The van der Waals surface area contributed by atoms with E-state index in [1.807, 2.05) is 0 Å². The van der Waals surface area contributed by atoms with Crippen molar-refractivity contribution in [3.63, 3.8) is 0 Å². The van der Waals surface area contributed by atoms with Crippen molar-refractivity contribution >= 4 is 11.8 Å². The van der Waals surface area contributed by atoms with Crippen LogP contribution in [0.2, 0.25) is 0 Å². The van der Waals surface area contributed by atoms with E-state index in [4.69, 9.17) is 5.73 Å². The highest BCUT2D eigenvalue weighted by Gasteiger charge is 2.26. The van der Waals surface area contributed by atoms with Gasteiger partial charge in [0.2, 0.25) is 11.8 Å². The largest absolute Gasteiger partial charge is 0.353 e. The zero-order valence-corrected chi connectivity index (χ0v) is 10.2. The lowest BCUT2D eigenvalue weighted by atomic mass is 10.1. The fraction of sp³-hybridized carbons (Fsp3) is 0.833. The number of hydrogen-bond donors (Lipinski definition) is 2. The van der Waals surface area contributed by atoms with Gasteiger partial charge in [-0.15, -0.1) is 0 Å². The second-order valence-electron chi connectivity index (χ2n) is 5.02. The molecule has 5 nitrogen and oxygen atoms in total. The Bertz CT molecular complexity index is 302. The van der Waals surface area contributed by atoms with E-state index in [2.05, 4.69) is 5.32 Å². The van der Waals surface area contributed by atoms with Crippen LogP contribution in [0.15, 0.2) is 0 Å². The molecule has 2 fully saturated rings. The monoisotopic (exact) mass is 239 g/mol. The fourth-order valence-corrected chi connectivity index (χ4v) is 2.15. The average molecular weight is 239 g/mol. The van der Waals surface area contributed by atoms with E-state index >= 15 is 0 Å². The van der Waals surface area contributed by atoms with Gasteiger partial charge in [0.25, 0.3) is 0 Å². The van der Waals surface area contributed by atoms with Crippen LogP contribution in [0.1, 0.15) is 38.5 Å². The molecule has 0 aromatic carbocycles. The van der Waals surface area contributed by atoms with Crippen molar-refractivity contribution in [2.75, 3.05) is 13.1 Å². The lowest BCUT2D eigenvalue weighted by Crippen LogP contribution is -2.48. The van der Waals surface area contributed by atoms with Crippen molar-refractivity contribution < 1.29 is 9.59 Å². The summed E-state index contributed by atoms with van der Waals surface area (Å²) < 4.78 is 0. The molecule has 96 valence electrons. The van der Waals surface area contributed by atoms with Gasteiger partial charge in [0, 0.05) is 25.6 Å². The Morgan fingerprint density at radius 2 is 2.18 bits per heavy atom. The third-order valence-corrected chi connectivity index (χ3v) is 3.35. The number of amides is 2. The van der Waals surface area contributed by atoms with E-state index in [-0.39, 0.29) is 17.9 Å². The van der Waals surface area contributed by atoms with Gasteiger partial charge in [-0.1, -0.05) is 0 Å². The number of rotatable bonds is 5. The zero-order chi connectivity index (χ0) is 12.3. The topological polar surface area (TPSA) is 75.4 Å². The summed E-state index contributed by atoms with van der Waals surface area (Å²) >= 11 is 0. The molecule has 1 saturated carbocycles. The first kappa shape index (κ1) is 12.4. The lowest BCUT2D eigenvalue weighted by molar-refractivity contribution is -0.135. The molecule has 3 N–H and O–H groups in total. The Morgan fingerprint density at radius 3 is 2.88 bits per heavy atom. The number of hydrogen-bond acceptors (Lipinski definition) is 3. The molecule has 2 amide bonds. The Kier molecular flexibility index (Phi) is 3.99. The Hall–Kier alpha value is -1.10. The van der Waals surface area contributed by atoms with Gasteiger partial charge in [-0.25, -0.2) is 0 Å². The average Bonchev–Trinajstić information content (AvgIpc) is 3.08. The van der Waals surface area contributed by atoms with Gasteiger partial charge in [0.1, 0.15) is 0 Å². The van der Waals surface area contributed by atoms with Crippen LogP contribution in [-0.2, 0) is 9.59 Å². The van der Waals surface area contributed by atoms with Crippen LogP contribution in [-0.4, -0.2) is 41.9 Å². The second-order valence-corrected chi connectivity index (χ2v) is 5.02. The molecule has 0 radical (unpaired) electrons. The van der Waals surface area contributed by atoms with Gasteiger partial charge in [-0.3, -0.25) is 9.59 Å². The van der Waals surface area contributed by atoms with E-state index < -0.39 is 0 Å². The molecule has 1 aliphatic carbocycles. The summed E-state index contributed by atoms with van der Waals surface area (Å²) in [5.41, 5.74) is 5.70. The summed E-state index contributed by atoms with van der Waals surface area (Å²) in [4.78, 5) is 24.9. The minimum Gasteiger partial charge on any atom is -0.353 e. The van der Waals surface area contributed by atoms with Crippen LogP contribution >= 0.6 is 0 Å². The van der Waals surface area contributed by atoms with Gasteiger partial charge in [-0.2, -0.15) is 0 Å². The van der Waals surface area contributed by atoms with Crippen molar-refractivity contribution in [2.24, 2.45) is 5.73 Å². The fourth-order valence-electron chi connectivity index (χ4n) is 2.15. The van der Waals surface area contributed by atoms with Gasteiger partial charge < -0.3 is 16.0 Å². The first-order valence-corrected chi connectivity index (χ1v) is 6.50. The molecule has 1 aliphatic heterocycles. The summed E-state index contributed by atoms with van der Waals surface area (Å²) in [6.07, 6.45) is 5.24. The van der Waals surface area contributed by atoms with Gasteiger partial charge in [0.05, 0.1) is 6.04 Å². The highest BCUT2D eigenvalue weighted by atomic mass is 16.2. The van der Waals surface area contributed by atoms with E-state index in [1.54, 1.807) is 4.90 Å². The van der Waals surface area contributed by atoms with Crippen LogP contribution in [0.4, 0.5) is 0 Å². The predicted octanol–water partition coefficient (Wildman–Crippen LogP) is -0.00510. The summed E-state index contributed by atoms with van der Waals surface area (Å²) in [5.74, 6) is 0.153. The predicted molar refractivity (Wildman–Crippen MR) is 64.2 cm³/mol. The van der Waals surface area contributed by atoms with Crippen LogP contribution in [0.25, 0.3) is 0 Å². The van der Waals surface area contributed by atoms with Crippen molar-refractivity contribution in [3.8, 4) is 0 Å². The number of nitrogens with one attached hydrogen (secondary N) is 1. The Labute approximate surface area is 102 Å². The van der Waals surface area contributed by atoms with E-state index in [1.165, 1.54) is 0 Å². The Balaban J connectivity index is 1.63. The molecule has 2 rings (SSSR count). The van der Waals surface area contributed by atoms with E-state index in [0.717, 1.165) is 38.6 Å². The van der Waals surface area contributed by atoms with Crippen molar-refractivity contribution in [1.82, 2.24) is 10.2 Å². The van der Waals surface area contributed by atoms with Gasteiger partial charge >= 0.3 is 0 Å². The minimum atomic E-state index is -0.330. The smallest absolute Gasteiger partial charge is 0.239 e.